The number of carboxylic acids is 1. The molecule has 1 rings (SSSR count). The number of benzene rings is 1. The van der Waals surface area contributed by atoms with Crippen molar-refractivity contribution in [1.29, 1.82) is 0 Å². The van der Waals surface area contributed by atoms with Gasteiger partial charge in [0.1, 0.15) is 6.04 Å². The summed E-state index contributed by atoms with van der Waals surface area (Å²) < 4.78 is 12.0. The third-order valence-electron chi connectivity index (χ3n) is 2.35. The molecule has 5 nitrogen and oxygen atoms in total. The maximum atomic E-state index is 12.0. The molecule has 0 radical (unpaired) electrons. The van der Waals surface area contributed by atoms with Crippen LogP contribution in [-0.2, 0) is 26.1 Å². The summed E-state index contributed by atoms with van der Waals surface area (Å²) >= 11 is 11.8. The van der Waals surface area contributed by atoms with Gasteiger partial charge in [-0.05, 0) is 23.8 Å². The first-order chi connectivity index (χ1) is 9.29. The molecule has 0 spiro atoms. The Morgan fingerprint density at radius 2 is 2.05 bits per heavy atom. The van der Waals surface area contributed by atoms with Crippen molar-refractivity contribution in [3.8, 4) is 0 Å². The van der Waals surface area contributed by atoms with Gasteiger partial charge < -0.3 is 10.4 Å². The fraction of sp³-hybridized carbons (Fsp3) is 0.333. The smallest absolute Gasteiger partial charge is 0.327 e. The number of aliphatic carboxylic acids is 1. The summed E-state index contributed by atoms with van der Waals surface area (Å²) in [5, 5.41) is 12.0. The van der Waals surface area contributed by atoms with E-state index >= 15 is 0 Å². The first kappa shape index (κ1) is 16.9. The van der Waals surface area contributed by atoms with Gasteiger partial charge in [-0.25, -0.2) is 4.79 Å². The minimum absolute atomic E-state index is 0.0722. The van der Waals surface area contributed by atoms with Gasteiger partial charge in [0, 0.05) is 27.8 Å². The number of halogens is 2. The van der Waals surface area contributed by atoms with Gasteiger partial charge >= 0.3 is 5.97 Å². The lowest BCUT2D eigenvalue weighted by molar-refractivity contribution is -0.140. The second kappa shape index (κ2) is 7.61. The van der Waals surface area contributed by atoms with Crippen LogP contribution in [0.15, 0.2) is 18.2 Å². The molecule has 1 amide bonds. The molecule has 0 aromatic heterocycles. The standard InChI is InChI=1S/C12H13Cl2NO4S/c1-7(16)15-11(12(17)18)6-20(19)5-8-4-9(13)2-3-10(8)14/h2-4,11H,5-6H2,1H3,(H,15,16)(H,17,18). The molecule has 0 saturated heterocycles. The van der Waals surface area contributed by atoms with E-state index in [2.05, 4.69) is 5.32 Å². The van der Waals surface area contributed by atoms with Crippen molar-refractivity contribution in [3.63, 3.8) is 0 Å². The highest BCUT2D eigenvalue weighted by Crippen LogP contribution is 2.22. The molecule has 110 valence electrons. The second-order valence-electron chi connectivity index (χ2n) is 4.08. The van der Waals surface area contributed by atoms with Gasteiger partial charge in [0.15, 0.2) is 0 Å². The van der Waals surface area contributed by atoms with E-state index in [1.54, 1.807) is 18.2 Å². The normalized spacial score (nSPS) is 13.6. The number of carbonyl (C=O) groups is 2. The van der Waals surface area contributed by atoms with Gasteiger partial charge in [0.2, 0.25) is 5.91 Å². The van der Waals surface area contributed by atoms with Gasteiger partial charge in [0.25, 0.3) is 0 Å². The fourth-order valence-corrected chi connectivity index (χ4v) is 3.25. The molecule has 8 heteroatoms. The molecule has 2 N–H and O–H groups in total. The fourth-order valence-electron chi connectivity index (χ4n) is 1.49. The molecule has 1 aromatic carbocycles. The molecule has 0 aliphatic heterocycles. The van der Waals surface area contributed by atoms with Gasteiger partial charge in [-0.1, -0.05) is 23.2 Å². The zero-order valence-corrected chi connectivity index (χ0v) is 12.9. The molecule has 0 heterocycles. The highest BCUT2D eigenvalue weighted by Gasteiger charge is 2.21. The predicted molar refractivity (Wildman–Crippen MR) is 78.4 cm³/mol. The summed E-state index contributed by atoms with van der Waals surface area (Å²) in [6.07, 6.45) is 0. The molecular weight excluding hydrogens is 325 g/mol. The minimum Gasteiger partial charge on any atom is -0.480 e. The SMILES string of the molecule is CC(=O)NC(CS(=O)Cc1cc(Cl)ccc1Cl)C(=O)O. The maximum absolute atomic E-state index is 12.0. The van der Waals surface area contributed by atoms with Crippen molar-refractivity contribution in [2.45, 2.75) is 18.7 Å². The summed E-state index contributed by atoms with van der Waals surface area (Å²) in [6.45, 7) is 1.20. The second-order valence-corrected chi connectivity index (χ2v) is 6.42. The van der Waals surface area contributed by atoms with E-state index in [-0.39, 0.29) is 11.5 Å². The summed E-state index contributed by atoms with van der Waals surface area (Å²) in [6, 6.07) is 3.58. The molecular formula is C12H13Cl2NO4S. The van der Waals surface area contributed by atoms with E-state index in [9.17, 15) is 13.8 Å². The highest BCUT2D eigenvalue weighted by molar-refractivity contribution is 7.84. The third-order valence-corrected chi connectivity index (χ3v) is 4.29. The summed E-state index contributed by atoms with van der Waals surface area (Å²) in [7, 11) is -1.50. The predicted octanol–water partition coefficient (Wildman–Crippen LogP) is 1.83. The first-order valence-electron chi connectivity index (χ1n) is 5.58. The van der Waals surface area contributed by atoms with Crippen molar-refractivity contribution in [2.75, 3.05) is 5.75 Å². The van der Waals surface area contributed by atoms with Crippen LogP contribution in [0.4, 0.5) is 0 Å². The molecule has 20 heavy (non-hydrogen) atoms. The van der Waals surface area contributed by atoms with Crippen molar-refractivity contribution in [2.24, 2.45) is 0 Å². The Morgan fingerprint density at radius 3 is 2.60 bits per heavy atom. The molecule has 2 atom stereocenters. The Morgan fingerprint density at radius 1 is 1.40 bits per heavy atom. The number of rotatable bonds is 6. The van der Waals surface area contributed by atoms with E-state index in [4.69, 9.17) is 28.3 Å². The van der Waals surface area contributed by atoms with Crippen LogP contribution in [0.1, 0.15) is 12.5 Å². The summed E-state index contributed by atoms with van der Waals surface area (Å²) in [4.78, 5) is 21.8. The number of hydrogen-bond donors (Lipinski definition) is 2. The van der Waals surface area contributed by atoms with Crippen LogP contribution in [0.5, 0.6) is 0 Å². The van der Waals surface area contributed by atoms with Crippen LogP contribution in [0.2, 0.25) is 10.0 Å². The molecule has 1 aromatic rings. The quantitative estimate of drug-likeness (QED) is 0.829. The molecule has 0 saturated carbocycles. The lowest BCUT2D eigenvalue weighted by atomic mass is 10.2. The number of carbonyl (C=O) groups excluding carboxylic acids is 1. The van der Waals surface area contributed by atoms with Crippen molar-refractivity contribution >= 4 is 45.9 Å². The van der Waals surface area contributed by atoms with Crippen LogP contribution in [-0.4, -0.2) is 33.0 Å². The lowest BCUT2D eigenvalue weighted by Crippen LogP contribution is -2.43. The average molecular weight is 338 g/mol. The molecule has 0 aliphatic carbocycles. The first-order valence-corrected chi connectivity index (χ1v) is 7.82. The number of amides is 1. The Kier molecular flexibility index (Phi) is 6.45. The maximum Gasteiger partial charge on any atom is 0.327 e. The minimum atomic E-state index is -1.50. The van der Waals surface area contributed by atoms with Gasteiger partial charge in [-0.2, -0.15) is 0 Å². The van der Waals surface area contributed by atoms with Gasteiger partial charge in [-0.15, -0.1) is 0 Å². The Hall–Kier alpha value is -1.11. The monoisotopic (exact) mass is 337 g/mol. The van der Waals surface area contributed by atoms with Crippen LogP contribution in [0, 0.1) is 0 Å². The number of carboxylic acid groups (broad SMARTS) is 1. The molecule has 2 unspecified atom stereocenters. The van der Waals surface area contributed by atoms with Crippen LogP contribution < -0.4 is 5.32 Å². The largest absolute Gasteiger partial charge is 0.480 e. The van der Waals surface area contributed by atoms with E-state index in [1.165, 1.54) is 6.92 Å². The Labute approximate surface area is 128 Å². The number of hydrogen-bond acceptors (Lipinski definition) is 3. The third kappa shape index (κ3) is 5.48. The summed E-state index contributed by atoms with van der Waals surface area (Å²) in [5.74, 6) is -1.85. The van der Waals surface area contributed by atoms with Crippen LogP contribution in [0.3, 0.4) is 0 Å². The Bertz CT molecular complexity index is 550. The zero-order valence-electron chi connectivity index (χ0n) is 10.6. The molecule has 0 aliphatic rings. The molecule has 0 fully saturated rings. The zero-order chi connectivity index (χ0) is 15.3. The highest BCUT2D eigenvalue weighted by atomic mass is 35.5. The van der Waals surface area contributed by atoms with Crippen LogP contribution in [0.25, 0.3) is 0 Å². The van der Waals surface area contributed by atoms with E-state index in [0.717, 1.165) is 0 Å². The lowest BCUT2D eigenvalue weighted by Gasteiger charge is -2.13. The van der Waals surface area contributed by atoms with Crippen molar-refractivity contribution in [3.05, 3.63) is 33.8 Å². The molecule has 0 bridgehead atoms. The van der Waals surface area contributed by atoms with Crippen molar-refractivity contribution < 1.29 is 18.9 Å². The van der Waals surface area contributed by atoms with E-state index in [0.29, 0.717) is 15.6 Å². The van der Waals surface area contributed by atoms with E-state index in [1.807, 2.05) is 0 Å². The average Bonchev–Trinajstić information content (AvgIpc) is 2.32. The van der Waals surface area contributed by atoms with Crippen LogP contribution >= 0.6 is 23.2 Å². The van der Waals surface area contributed by atoms with Gasteiger partial charge in [-0.3, -0.25) is 9.00 Å². The summed E-state index contributed by atoms with van der Waals surface area (Å²) in [5.41, 5.74) is 0.574. The Balaban J connectivity index is 2.72. The van der Waals surface area contributed by atoms with Gasteiger partial charge in [0.05, 0.1) is 11.5 Å². The number of nitrogens with one attached hydrogen (secondary N) is 1. The topological polar surface area (TPSA) is 83.5 Å². The van der Waals surface area contributed by atoms with Crippen molar-refractivity contribution in [1.82, 2.24) is 5.32 Å². The van der Waals surface area contributed by atoms with E-state index < -0.39 is 28.7 Å².